The van der Waals surface area contributed by atoms with Crippen LogP contribution in [0.2, 0.25) is 5.02 Å². The highest BCUT2D eigenvalue weighted by molar-refractivity contribution is 6.30. The van der Waals surface area contributed by atoms with Crippen molar-refractivity contribution in [2.45, 2.75) is 33.1 Å². The lowest BCUT2D eigenvalue weighted by atomic mass is 9.87. The Morgan fingerprint density at radius 1 is 1.10 bits per heavy atom. The van der Waals surface area contributed by atoms with Gasteiger partial charge >= 0.3 is 0 Å². The molecule has 0 aromatic heterocycles. The molecule has 2 aromatic carbocycles. The van der Waals surface area contributed by atoms with E-state index >= 15 is 0 Å². The molecule has 0 heterocycles. The number of hydrogen-bond acceptors (Lipinski definition) is 1. The van der Waals surface area contributed by atoms with Gasteiger partial charge in [-0.1, -0.05) is 41.9 Å². The van der Waals surface area contributed by atoms with Gasteiger partial charge in [-0.25, -0.2) is 0 Å². The molecule has 0 aliphatic heterocycles. The van der Waals surface area contributed by atoms with E-state index in [0.29, 0.717) is 0 Å². The number of aliphatic imine (C=N–C) groups is 1. The minimum Gasteiger partial charge on any atom is -0.297 e. The van der Waals surface area contributed by atoms with Crippen LogP contribution >= 0.6 is 11.6 Å². The van der Waals surface area contributed by atoms with Crippen molar-refractivity contribution in [3.8, 4) is 0 Å². The third-order valence-corrected chi connectivity index (χ3v) is 4.35. The van der Waals surface area contributed by atoms with Crippen molar-refractivity contribution >= 4 is 17.3 Å². The maximum atomic E-state index is 6.15. The average molecular weight is 300 g/mol. The second-order valence-electron chi connectivity index (χ2n) is 5.60. The minimum absolute atomic E-state index is 0.274. The Balaban J connectivity index is 2.35. The normalized spacial score (nSPS) is 13.3. The summed E-state index contributed by atoms with van der Waals surface area (Å²) in [7, 11) is 1.85. The molecule has 0 radical (unpaired) electrons. The summed E-state index contributed by atoms with van der Waals surface area (Å²) in [6.45, 7) is 6.40. The van der Waals surface area contributed by atoms with Gasteiger partial charge in [0, 0.05) is 23.7 Å². The van der Waals surface area contributed by atoms with Gasteiger partial charge in [-0.15, -0.1) is 0 Å². The molecule has 0 saturated carbocycles. The largest absolute Gasteiger partial charge is 0.297 e. The number of halogens is 1. The Kier molecular flexibility index (Phi) is 5.19. The second kappa shape index (κ2) is 6.91. The summed E-state index contributed by atoms with van der Waals surface area (Å²) in [5.74, 6) is 0.274. The van der Waals surface area contributed by atoms with Crippen molar-refractivity contribution in [2.75, 3.05) is 7.05 Å². The topological polar surface area (TPSA) is 12.4 Å². The van der Waals surface area contributed by atoms with Gasteiger partial charge in [0.15, 0.2) is 0 Å². The van der Waals surface area contributed by atoms with Crippen molar-refractivity contribution in [3.05, 3.63) is 69.7 Å². The summed E-state index contributed by atoms with van der Waals surface area (Å²) in [6.07, 6.45) is 0.949. The van der Waals surface area contributed by atoms with E-state index in [1.807, 2.05) is 25.2 Å². The molecule has 21 heavy (non-hydrogen) atoms. The molecule has 1 nitrogen and oxygen atoms in total. The zero-order valence-corrected chi connectivity index (χ0v) is 13.9. The van der Waals surface area contributed by atoms with Crippen LogP contribution in [0.15, 0.2) is 47.5 Å². The van der Waals surface area contributed by atoms with Crippen LogP contribution in [-0.2, 0) is 6.42 Å². The number of aryl methyl sites for hydroxylation is 2. The van der Waals surface area contributed by atoms with Crippen molar-refractivity contribution in [3.63, 3.8) is 0 Å². The van der Waals surface area contributed by atoms with Gasteiger partial charge in [0.05, 0.1) is 0 Å². The van der Waals surface area contributed by atoms with E-state index < -0.39 is 0 Å². The monoisotopic (exact) mass is 299 g/mol. The molecule has 0 spiro atoms. The second-order valence-corrected chi connectivity index (χ2v) is 6.03. The Hall–Kier alpha value is -1.60. The first-order valence-electron chi connectivity index (χ1n) is 7.26. The van der Waals surface area contributed by atoms with E-state index in [1.165, 1.54) is 22.3 Å². The third kappa shape index (κ3) is 3.95. The fourth-order valence-electron chi connectivity index (χ4n) is 2.55. The summed E-state index contributed by atoms with van der Waals surface area (Å²) in [4.78, 5) is 4.40. The quantitative estimate of drug-likeness (QED) is 0.673. The molecule has 0 fully saturated rings. The summed E-state index contributed by atoms with van der Waals surface area (Å²) in [5.41, 5.74) is 6.37. The fourth-order valence-corrected chi connectivity index (χ4v) is 2.75. The van der Waals surface area contributed by atoms with E-state index in [1.54, 1.807) is 0 Å². The lowest BCUT2D eigenvalue weighted by Crippen LogP contribution is -2.12. The molecule has 2 heteroatoms. The molecule has 110 valence electrons. The van der Waals surface area contributed by atoms with Crippen LogP contribution in [0.1, 0.15) is 35.1 Å². The van der Waals surface area contributed by atoms with Gasteiger partial charge < -0.3 is 0 Å². The molecule has 1 unspecified atom stereocenters. The van der Waals surface area contributed by atoms with Crippen LogP contribution in [0.4, 0.5) is 0 Å². The smallest absolute Gasteiger partial charge is 0.0408 e. The molecule has 0 bridgehead atoms. The molecule has 0 aliphatic rings. The van der Waals surface area contributed by atoms with E-state index in [4.69, 9.17) is 11.6 Å². The minimum atomic E-state index is 0.274. The Morgan fingerprint density at radius 3 is 2.48 bits per heavy atom. The van der Waals surface area contributed by atoms with Gasteiger partial charge in [-0.3, -0.25) is 4.99 Å². The maximum Gasteiger partial charge on any atom is 0.0408 e. The first-order valence-corrected chi connectivity index (χ1v) is 7.64. The predicted octanol–water partition coefficient (Wildman–Crippen LogP) is 5.37. The van der Waals surface area contributed by atoms with E-state index in [2.05, 4.69) is 50.0 Å². The van der Waals surface area contributed by atoms with Gasteiger partial charge in [-0.05, 0) is 61.6 Å². The van der Waals surface area contributed by atoms with Gasteiger partial charge in [0.2, 0.25) is 0 Å². The molecule has 2 aromatic rings. The number of benzene rings is 2. The Labute approximate surface area is 132 Å². The van der Waals surface area contributed by atoms with Crippen molar-refractivity contribution < 1.29 is 0 Å². The van der Waals surface area contributed by atoms with E-state index in [0.717, 1.165) is 17.2 Å². The van der Waals surface area contributed by atoms with Crippen LogP contribution in [0, 0.1) is 13.8 Å². The van der Waals surface area contributed by atoms with Gasteiger partial charge in [0.1, 0.15) is 0 Å². The molecule has 0 N–H and O–H groups in total. The van der Waals surface area contributed by atoms with Crippen LogP contribution in [-0.4, -0.2) is 12.8 Å². The summed E-state index contributed by atoms with van der Waals surface area (Å²) >= 11 is 6.15. The zero-order valence-electron chi connectivity index (χ0n) is 13.2. The standard InChI is InChI=1S/C19H22ClN/c1-13-8-9-16(10-14(13)2)11-19(15(3)21-4)17-6-5-7-18(20)12-17/h5-10,12,19H,11H2,1-4H3/b21-15+. The van der Waals surface area contributed by atoms with Crippen LogP contribution in [0.5, 0.6) is 0 Å². The third-order valence-electron chi connectivity index (χ3n) is 4.12. The summed E-state index contributed by atoms with van der Waals surface area (Å²) in [6, 6.07) is 14.8. The lowest BCUT2D eigenvalue weighted by molar-refractivity contribution is 0.867. The average Bonchev–Trinajstić information content (AvgIpc) is 2.47. The Morgan fingerprint density at radius 2 is 1.86 bits per heavy atom. The number of hydrogen-bond donors (Lipinski definition) is 0. The highest BCUT2D eigenvalue weighted by Crippen LogP contribution is 2.26. The molecule has 2 rings (SSSR count). The van der Waals surface area contributed by atoms with E-state index in [-0.39, 0.29) is 5.92 Å². The molecule has 0 saturated heterocycles. The highest BCUT2D eigenvalue weighted by Gasteiger charge is 2.16. The summed E-state index contributed by atoms with van der Waals surface area (Å²) in [5, 5.41) is 0.779. The van der Waals surface area contributed by atoms with E-state index in [9.17, 15) is 0 Å². The zero-order chi connectivity index (χ0) is 15.4. The molecule has 0 aliphatic carbocycles. The molecule has 0 amide bonds. The molecular formula is C19H22ClN. The van der Waals surface area contributed by atoms with Crippen LogP contribution in [0.3, 0.4) is 0 Å². The van der Waals surface area contributed by atoms with Crippen LogP contribution < -0.4 is 0 Å². The van der Waals surface area contributed by atoms with Crippen molar-refractivity contribution in [1.82, 2.24) is 0 Å². The number of rotatable bonds is 4. The molecule has 1 atom stereocenters. The van der Waals surface area contributed by atoms with Gasteiger partial charge in [-0.2, -0.15) is 0 Å². The first kappa shape index (κ1) is 15.8. The van der Waals surface area contributed by atoms with Crippen LogP contribution in [0.25, 0.3) is 0 Å². The number of nitrogens with zero attached hydrogens (tertiary/aromatic N) is 1. The first-order chi connectivity index (χ1) is 10.0. The highest BCUT2D eigenvalue weighted by atomic mass is 35.5. The Bertz CT molecular complexity index is 658. The molecular weight excluding hydrogens is 278 g/mol. The summed E-state index contributed by atoms with van der Waals surface area (Å²) < 4.78 is 0. The SMILES string of the molecule is C/N=C(\C)C(Cc1ccc(C)c(C)c1)c1cccc(Cl)c1. The maximum absolute atomic E-state index is 6.15. The fraction of sp³-hybridized carbons (Fsp3) is 0.316. The lowest BCUT2D eigenvalue weighted by Gasteiger charge is -2.18. The van der Waals surface area contributed by atoms with Crippen molar-refractivity contribution in [2.24, 2.45) is 4.99 Å². The predicted molar refractivity (Wildman–Crippen MR) is 92.8 cm³/mol. The van der Waals surface area contributed by atoms with Gasteiger partial charge in [0.25, 0.3) is 0 Å². The van der Waals surface area contributed by atoms with Crippen molar-refractivity contribution in [1.29, 1.82) is 0 Å².